The van der Waals surface area contributed by atoms with Crippen LogP contribution in [-0.4, -0.2) is 44.2 Å². The summed E-state index contributed by atoms with van der Waals surface area (Å²) in [6, 6.07) is 0. The predicted molar refractivity (Wildman–Crippen MR) is 74.2 cm³/mol. The number of methoxy groups -OCH3 is 3. The van der Waals surface area contributed by atoms with Crippen LogP contribution in [0.4, 0.5) is 0 Å². The van der Waals surface area contributed by atoms with Gasteiger partial charge in [-0.25, -0.2) is 14.4 Å². The van der Waals surface area contributed by atoms with Crippen LogP contribution in [0.2, 0.25) is 0 Å². The van der Waals surface area contributed by atoms with Crippen molar-refractivity contribution in [3.05, 3.63) is 23.0 Å². The maximum Gasteiger partial charge on any atom is 0.384 e. The molecule has 1 aromatic heterocycles. The molecule has 7 nitrogen and oxygen atoms in total. The minimum atomic E-state index is -0.749. The SMILES string of the molecule is COC(=O)C#CC1(c2c(C(=O)OC)c[nH]c2C(=O)OC)CC1. The van der Waals surface area contributed by atoms with Crippen molar-refractivity contribution in [2.24, 2.45) is 0 Å². The molecular weight excluding hydrogens is 290 g/mol. The third-order valence-corrected chi connectivity index (χ3v) is 3.49. The number of hydrogen-bond acceptors (Lipinski definition) is 6. The zero-order valence-electron chi connectivity index (χ0n) is 12.4. The molecule has 1 saturated carbocycles. The zero-order valence-corrected chi connectivity index (χ0v) is 12.4. The van der Waals surface area contributed by atoms with Gasteiger partial charge in [-0.15, -0.1) is 0 Å². The van der Waals surface area contributed by atoms with Crippen LogP contribution in [0.5, 0.6) is 0 Å². The number of aromatic nitrogens is 1. The summed E-state index contributed by atoms with van der Waals surface area (Å²) in [5.41, 5.74) is 0.00283. The van der Waals surface area contributed by atoms with E-state index >= 15 is 0 Å². The average molecular weight is 305 g/mol. The average Bonchev–Trinajstić information content (AvgIpc) is 3.20. The lowest BCUT2D eigenvalue weighted by Gasteiger charge is -2.11. The Hall–Kier alpha value is -2.75. The van der Waals surface area contributed by atoms with Gasteiger partial charge in [0.1, 0.15) is 5.69 Å². The fraction of sp³-hybridized carbons (Fsp3) is 0.400. The van der Waals surface area contributed by atoms with Gasteiger partial charge in [0, 0.05) is 17.7 Å². The van der Waals surface area contributed by atoms with Crippen molar-refractivity contribution >= 4 is 17.9 Å². The van der Waals surface area contributed by atoms with Gasteiger partial charge in [0.05, 0.1) is 32.3 Å². The van der Waals surface area contributed by atoms with Crippen LogP contribution < -0.4 is 0 Å². The van der Waals surface area contributed by atoms with Crippen molar-refractivity contribution in [2.45, 2.75) is 18.3 Å². The van der Waals surface area contributed by atoms with Gasteiger partial charge < -0.3 is 19.2 Å². The first-order valence-electron chi connectivity index (χ1n) is 6.48. The molecule has 1 aliphatic carbocycles. The first-order chi connectivity index (χ1) is 10.5. The van der Waals surface area contributed by atoms with Crippen molar-refractivity contribution < 1.29 is 28.6 Å². The smallest absolute Gasteiger partial charge is 0.384 e. The number of hydrogen-bond donors (Lipinski definition) is 1. The number of carbonyl (C=O) groups is 3. The monoisotopic (exact) mass is 305 g/mol. The summed E-state index contributed by atoms with van der Waals surface area (Å²) in [6.45, 7) is 0. The molecule has 0 saturated heterocycles. The molecule has 7 heteroatoms. The largest absolute Gasteiger partial charge is 0.465 e. The first-order valence-corrected chi connectivity index (χ1v) is 6.48. The van der Waals surface area contributed by atoms with Gasteiger partial charge in [-0.05, 0) is 12.8 Å². The topological polar surface area (TPSA) is 94.7 Å². The molecule has 0 atom stereocenters. The van der Waals surface area contributed by atoms with Crippen molar-refractivity contribution in [1.29, 1.82) is 0 Å². The molecule has 1 N–H and O–H groups in total. The minimum absolute atomic E-state index is 0.138. The molecule has 0 bridgehead atoms. The Bertz CT molecular complexity index is 653. The van der Waals surface area contributed by atoms with Crippen molar-refractivity contribution in [3.63, 3.8) is 0 Å². The Morgan fingerprint density at radius 1 is 1.09 bits per heavy atom. The molecule has 0 aromatic carbocycles. The summed E-state index contributed by atoms with van der Waals surface area (Å²) < 4.78 is 13.9. The van der Waals surface area contributed by atoms with Crippen molar-refractivity contribution in [2.75, 3.05) is 21.3 Å². The fourth-order valence-corrected chi connectivity index (χ4v) is 2.24. The van der Waals surface area contributed by atoms with Gasteiger partial charge in [0.25, 0.3) is 0 Å². The van der Waals surface area contributed by atoms with E-state index in [1.54, 1.807) is 0 Å². The van der Waals surface area contributed by atoms with E-state index in [-0.39, 0.29) is 11.3 Å². The van der Waals surface area contributed by atoms with Gasteiger partial charge in [0.2, 0.25) is 0 Å². The second kappa shape index (κ2) is 5.93. The van der Waals surface area contributed by atoms with Crippen molar-refractivity contribution in [3.8, 4) is 11.8 Å². The third kappa shape index (κ3) is 2.68. The Labute approximate surface area is 126 Å². The van der Waals surface area contributed by atoms with E-state index in [0.29, 0.717) is 18.4 Å². The molecule has 1 aromatic rings. The van der Waals surface area contributed by atoms with Crippen LogP contribution in [-0.2, 0) is 24.4 Å². The molecule has 2 rings (SSSR count). The summed E-state index contributed by atoms with van der Waals surface area (Å²) in [5.74, 6) is 3.28. The number of nitrogens with one attached hydrogen (secondary N) is 1. The molecular formula is C15H15NO6. The van der Waals surface area contributed by atoms with Gasteiger partial charge in [0.15, 0.2) is 0 Å². The Morgan fingerprint density at radius 2 is 1.73 bits per heavy atom. The van der Waals surface area contributed by atoms with Gasteiger partial charge in [-0.2, -0.15) is 0 Å². The maximum atomic E-state index is 11.9. The van der Waals surface area contributed by atoms with Crippen LogP contribution in [0.25, 0.3) is 0 Å². The standard InChI is InChI=1S/C15H15NO6/c1-20-10(17)4-5-15(6-7-15)11-9(13(18)21-2)8-16-12(11)14(19)22-3/h8,16H,6-7H2,1-3H3. The minimum Gasteiger partial charge on any atom is -0.465 e. The maximum absolute atomic E-state index is 11.9. The van der Waals surface area contributed by atoms with Crippen LogP contribution in [0.15, 0.2) is 6.20 Å². The Morgan fingerprint density at radius 3 is 2.23 bits per heavy atom. The first kappa shape index (κ1) is 15.6. The highest BCUT2D eigenvalue weighted by Gasteiger charge is 2.49. The number of H-pyrrole nitrogens is 1. The lowest BCUT2D eigenvalue weighted by Crippen LogP contribution is -2.16. The van der Waals surface area contributed by atoms with Crippen LogP contribution in [0.1, 0.15) is 39.3 Å². The highest BCUT2D eigenvalue weighted by molar-refractivity contribution is 5.99. The van der Waals surface area contributed by atoms with E-state index in [2.05, 4.69) is 21.6 Å². The molecule has 1 heterocycles. The van der Waals surface area contributed by atoms with Gasteiger partial charge in [-0.1, -0.05) is 5.92 Å². The number of carbonyl (C=O) groups excluding carboxylic acids is 3. The predicted octanol–water partition coefficient (Wildman–Crippen LogP) is 0.796. The normalized spacial score (nSPS) is 14.3. The second-order valence-corrected chi connectivity index (χ2v) is 4.76. The molecule has 116 valence electrons. The van der Waals surface area contributed by atoms with E-state index in [9.17, 15) is 14.4 Å². The van der Waals surface area contributed by atoms with Crippen LogP contribution in [0.3, 0.4) is 0 Å². The summed E-state index contributed by atoms with van der Waals surface area (Å²) >= 11 is 0. The van der Waals surface area contributed by atoms with Crippen LogP contribution in [0, 0.1) is 11.8 Å². The summed E-state index contributed by atoms with van der Waals surface area (Å²) in [5, 5.41) is 0. The van der Waals surface area contributed by atoms with E-state index in [1.165, 1.54) is 27.5 Å². The summed E-state index contributed by atoms with van der Waals surface area (Å²) in [7, 11) is 3.72. The van der Waals surface area contributed by atoms with E-state index in [0.717, 1.165) is 0 Å². The molecule has 22 heavy (non-hydrogen) atoms. The fourth-order valence-electron chi connectivity index (χ4n) is 2.24. The zero-order chi connectivity index (χ0) is 16.3. The molecule has 0 radical (unpaired) electrons. The lowest BCUT2D eigenvalue weighted by atomic mass is 9.92. The molecule has 1 fully saturated rings. The Balaban J connectivity index is 2.54. The van der Waals surface area contributed by atoms with E-state index in [4.69, 9.17) is 9.47 Å². The molecule has 0 spiro atoms. The van der Waals surface area contributed by atoms with Crippen molar-refractivity contribution in [1.82, 2.24) is 4.98 Å². The Kier molecular flexibility index (Phi) is 4.22. The lowest BCUT2D eigenvalue weighted by molar-refractivity contribution is -0.133. The summed E-state index contributed by atoms with van der Waals surface area (Å²) in [6.07, 6.45) is 2.61. The van der Waals surface area contributed by atoms with Crippen LogP contribution >= 0.6 is 0 Å². The number of rotatable bonds is 3. The van der Waals surface area contributed by atoms with E-state index in [1.807, 2.05) is 0 Å². The highest BCUT2D eigenvalue weighted by atomic mass is 16.5. The van der Waals surface area contributed by atoms with Gasteiger partial charge in [-0.3, -0.25) is 0 Å². The van der Waals surface area contributed by atoms with E-state index < -0.39 is 23.3 Å². The molecule has 0 amide bonds. The number of esters is 3. The highest BCUT2D eigenvalue weighted by Crippen LogP contribution is 2.50. The van der Waals surface area contributed by atoms with Gasteiger partial charge >= 0.3 is 17.9 Å². The number of aromatic amines is 1. The summed E-state index contributed by atoms with van der Waals surface area (Å²) in [4.78, 5) is 37.7. The second-order valence-electron chi connectivity index (χ2n) is 4.76. The molecule has 0 unspecified atom stereocenters. The quantitative estimate of drug-likeness (QED) is 0.384. The third-order valence-electron chi connectivity index (χ3n) is 3.49. The number of ether oxygens (including phenoxy) is 3. The molecule has 1 aliphatic rings. The molecule has 0 aliphatic heterocycles.